The Labute approximate surface area is 121 Å². The number of likely N-dealkylation sites (N-methyl/N-ethyl adjacent to an activating group) is 1. The number of benzene rings is 1. The van der Waals surface area contributed by atoms with E-state index in [1.165, 1.54) is 0 Å². The Bertz CT molecular complexity index is 434. The summed E-state index contributed by atoms with van der Waals surface area (Å²) in [6, 6.07) is 7.97. The lowest BCUT2D eigenvalue weighted by Gasteiger charge is -2.26. The highest BCUT2D eigenvalue weighted by Gasteiger charge is 2.28. The lowest BCUT2D eigenvalue weighted by atomic mass is 9.94. The van der Waals surface area contributed by atoms with Crippen molar-refractivity contribution >= 4 is 5.91 Å². The minimum atomic E-state index is -0.614. The summed E-state index contributed by atoms with van der Waals surface area (Å²) in [4.78, 5) is 11.5. The topological polar surface area (TPSA) is 64.3 Å². The number of unbranched alkanes of at least 4 members (excludes halogenated alkanes) is 1. The second-order valence-electron chi connectivity index (χ2n) is 5.30. The maximum absolute atomic E-state index is 11.5. The maximum atomic E-state index is 11.5. The predicted octanol–water partition coefficient (Wildman–Crippen LogP) is 2.40. The maximum Gasteiger partial charge on any atom is 0.237 e. The highest BCUT2D eigenvalue weighted by Crippen LogP contribution is 2.18. The number of aryl methyl sites for hydroxylation is 1. The molecule has 0 saturated heterocycles. The zero-order chi connectivity index (χ0) is 15.0. The summed E-state index contributed by atoms with van der Waals surface area (Å²) in [7, 11) is 0. The normalized spacial score (nSPS) is 13.8. The zero-order valence-electron chi connectivity index (χ0n) is 12.7. The van der Waals surface area contributed by atoms with Gasteiger partial charge in [0.05, 0.1) is 12.1 Å². The van der Waals surface area contributed by atoms with Crippen LogP contribution in [0.3, 0.4) is 0 Å². The molecule has 1 unspecified atom stereocenters. The lowest BCUT2D eigenvalue weighted by Crippen LogP contribution is -2.53. The van der Waals surface area contributed by atoms with E-state index in [0.29, 0.717) is 6.61 Å². The van der Waals surface area contributed by atoms with Crippen molar-refractivity contribution in [3.8, 4) is 5.75 Å². The van der Waals surface area contributed by atoms with Crippen molar-refractivity contribution in [2.45, 2.75) is 45.6 Å². The Kier molecular flexibility index (Phi) is 6.52. The number of amides is 1. The first-order valence-electron chi connectivity index (χ1n) is 7.23. The van der Waals surface area contributed by atoms with Crippen LogP contribution in [0.2, 0.25) is 0 Å². The van der Waals surface area contributed by atoms with Gasteiger partial charge in [-0.2, -0.15) is 0 Å². The van der Waals surface area contributed by atoms with Crippen molar-refractivity contribution < 1.29 is 9.53 Å². The molecule has 4 heteroatoms. The average molecular weight is 278 g/mol. The summed E-state index contributed by atoms with van der Waals surface area (Å²) in [5.74, 6) is 0.635. The van der Waals surface area contributed by atoms with Crippen LogP contribution in [0.4, 0.5) is 0 Å². The second kappa shape index (κ2) is 7.90. The van der Waals surface area contributed by atoms with Crippen molar-refractivity contribution in [1.82, 2.24) is 5.32 Å². The third-order valence-corrected chi connectivity index (χ3v) is 3.53. The van der Waals surface area contributed by atoms with Gasteiger partial charge in [-0.1, -0.05) is 25.1 Å². The zero-order valence-corrected chi connectivity index (χ0v) is 12.7. The fourth-order valence-corrected chi connectivity index (χ4v) is 2.17. The Morgan fingerprint density at radius 3 is 2.65 bits per heavy atom. The van der Waals surface area contributed by atoms with Gasteiger partial charge < -0.3 is 15.8 Å². The molecule has 0 spiro atoms. The highest BCUT2D eigenvalue weighted by molar-refractivity contribution is 5.84. The third kappa shape index (κ3) is 4.85. The SMILES string of the molecule is CCNC(C)(CCCCOc1ccccc1C)C(N)=O. The van der Waals surface area contributed by atoms with Gasteiger partial charge >= 0.3 is 0 Å². The molecule has 0 aliphatic heterocycles. The fourth-order valence-electron chi connectivity index (χ4n) is 2.17. The van der Waals surface area contributed by atoms with E-state index >= 15 is 0 Å². The lowest BCUT2D eigenvalue weighted by molar-refractivity contribution is -0.124. The number of nitrogens with two attached hydrogens (primary N) is 1. The third-order valence-electron chi connectivity index (χ3n) is 3.53. The van der Waals surface area contributed by atoms with Crippen molar-refractivity contribution in [1.29, 1.82) is 0 Å². The van der Waals surface area contributed by atoms with Crippen molar-refractivity contribution in [3.05, 3.63) is 29.8 Å². The van der Waals surface area contributed by atoms with Gasteiger partial charge in [0.15, 0.2) is 0 Å². The van der Waals surface area contributed by atoms with Gasteiger partial charge in [0.25, 0.3) is 0 Å². The van der Waals surface area contributed by atoms with E-state index < -0.39 is 5.54 Å². The van der Waals surface area contributed by atoms with Crippen LogP contribution in [0.15, 0.2) is 24.3 Å². The minimum Gasteiger partial charge on any atom is -0.493 e. The molecule has 0 bridgehead atoms. The molecular weight excluding hydrogens is 252 g/mol. The van der Waals surface area contributed by atoms with Crippen molar-refractivity contribution in [3.63, 3.8) is 0 Å². The predicted molar refractivity (Wildman–Crippen MR) is 81.8 cm³/mol. The molecule has 1 amide bonds. The molecule has 112 valence electrons. The number of primary amides is 1. The van der Waals surface area contributed by atoms with Gasteiger partial charge in [0.2, 0.25) is 5.91 Å². The summed E-state index contributed by atoms with van der Waals surface area (Å²) in [5.41, 5.74) is 5.98. The molecule has 0 aliphatic carbocycles. The molecule has 1 aromatic rings. The van der Waals surface area contributed by atoms with Gasteiger partial charge in [-0.05, 0) is 51.3 Å². The summed E-state index contributed by atoms with van der Waals surface area (Å²) in [5, 5.41) is 3.16. The molecule has 20 heavy (non-hydrogen) atoms. The van der Waals surface area contributed by atoms with Gasteiger partial charge in [-0.3, -0.25) is 4.79 Å². The van der Waals surface area contributed by atoms with E-state index in [1.54, 1.807) is 0 Å². The second-order valence-corrected chi connectivity index (χ2v) is 5.30. The first-order chi connectivity index (χ1) is 9.49. The van der Waals surface area contributed by atoms with Gasteiger partial charge in [0.1, 0.15) is 5.75 Å². The molecule has 0 heterocycles. The Morgan fingerprint density at radius 1 is 1.35 bits per heavy atom. The average Bonchev–Trinajstić information content (AvgIpc) is 2.40. The van der Waals surface area contributed by atoms with E-state index in [-0.39, 0.29) is 5.91 Å². The van der Waals surface area contributed by atoms with Crippen molar-refractivity contribution in [2.24, 2.45) is 5.73 Å². The van der Waals surface area contributed by atoms with Gasteiger partial charge in [-0.25, -0.2) is 0 Å². The first-order valence-corrected chi connectivity index (χ1v) is 7.23. The van der Waals surface area contributed by atoms with Crippen LogP contribution in [-0.4, -0.2) is 24.6 Å². The number of hydrogen-bond acceptors (Lipinski definition) is 3. The van der Waals surface area contributed by atoms with Crippen LogP contribution in [0.25, 0.3) is 0 Å². The standard InChI is InChI=1S/C16H26N2O2/c1-4-18-16(3,15(17)19)11-7-8-12-20-14-10-6-5-9-13(14)2/h5-6,9-10,18H,4,7-8,11-12H2,1-3H3,(H2,17,19). The van der Waals surface area contributed by atoms with E-state index in [4.69, 9.17) is 10.5 Å². The van der Waals surface area contributed by atoms with Crippen LogP contribution in [0.1, 0.15) is 38.7 Å². The molecule has 0 saturated carbocycles. The van der Waals surface area contributed by atoms with Crippen molar-refractivity contribution in [2.75, 3.05) is 13.2 Å². The molecule has 0 aromatic heterocycles. The smallest absolute Gasteiger partial charge is 0.237 e. The largest absolute Gasteiger partial charge is 0.493 e. The Hall–Kier alpha value is -1.55. The molecule has 1 atom stereocenters. The molecule has 0 aliphatic rings. The quantitative estimate of drug-likeness (QED) is 0.682. The number of rotatable bonds is 9. The number of carbonyl (C=O) groups is 1. The number of carbonyl (C=O) groups excluding carboxylic acids is 1. The van der Waals surface area contributed by atoms with Crippen LogP contribution in [0, 0.1) is 6.92 Å². The molecule has 1 aromatic carbocycles. The van der Waals surface area contributed by atoms with Gasteiger partial charge in [-0.15, -0.1) is 0 Å². The van der Waals surface area contributed by atoms with Crippen LogP contribution >= 0.6 is 0 Å². The van der Waals surface area contributed by atoms with Crippen LogP contribution < -0.4 is 15.8 Å². The minimum absolute atomic E-state index is 0.292. The fraction of sp³-hybridized carbons (Fsp3) is 0.562. The molecule has 4 nitrogen and oxygen atoms in total. The number of hydrogen-bond donors (Lipinski definition) is 2. The van der Waals surface area contributed by atoms with E-state index in [0.717, 1.165) is 37.1 Å². The molecule has 0 radical (unpaired) electrons. The number of nitrogens with one attached hydrogen (secondary N) is 1. The first kappa shape index (κ1) is 16.5. The molecule has 3 N–H and O–H groups in total. The Balaban J connectivity index is 2.31. The van der Waals surface area contributed by atoms with E-state index in [2.05, 4.69) is 5.32 Å². The molecule has 0 fully saturated rings. The van der Waals surface area contributed by atoms with Crippen LogP contribution in [0.5, 0.6) is 5.75 Å². The number of ether oxygens (including phenoxy) is 1. The highest BCUT2D eigenvalue weighted by atomic mass is 16.5. The number of para-hydroxylation sites is 1. The Morgan fingerprint density at radius 2 is 2.05 bits per heavy atom. The summed E-state index contributed by atoms with van der Waals surface area (Å²) in [6.45, 7) is 7.26. The summed E-state index contributed by atoms with van der Waals surface area (Å²) in [6.07, 6.45) is 2.54. The molecule has 1 rings (SSSR count). The van der Waals surface area contributed by atoms with Gasteiger partial charge in [0, 0.05) is 0 Å². The molecular formula is C16H26N2O2. The summed E-state index contributed by atoms with van der Waals surface area (Å²) < 4.78 is 5.74. The van der Waals surface area contributed by atoms with Crippen LogP contribution in [-0.2, 0) is 4.79 Å². The van der Waals surface area contributed by atoms with E-state index in [9.17, 15) is 4.79 Å². The monoisotopic (exact) mass is 278 g/mol. The van der Waals surface area contributed by atoms with E-state index in [1.807, 2.05) is 45.0 Å². The summed E-state index contributed by atoms with van der Waals surface area (Å²) >= 11 is 0.